The van der Waals surface area contributed by atoms with Crippen molar-refractivity contribution in [2.45, 2.75) is 35.8 Å². The van der Waals surface area contributed by atoms with E-state index in [9.17, 15) is 13.2 Å². The van der Waals surface area contributed by atoms with Crippen molar-refractivity contribution < 1.29 is 17.9 Å². The Labute approximate surface area is 229 Å². The molecule has 0 bridgehead atoms. The standard InChI is InChI=1S/C28H34N2O4S3/c1-4-34-27-9-6-5-8-26(27)30(37(32,33)25-16-14-24(35-3)15-17-25)20-28(31)29-18-7-19-36-21-23-12-10-22(2)11-13-23/h5-6,8-17H,4,7,18-21H2,1-3H3,(H,29,31). The largest absolute Gasteiger partial charge is 0.492 e. The van der Waals surface area contributed by atoms with Crippen molar-refractivity contribution in [1.29, 1.82) is 0 Å². The molecule has 9 heteroatoms. The normalized spacial score (nSPS) is 11.2. The second-order valence-electron chi connectivity index (χ2n) is 8.33. The molecule has 0 radical (unpaired) electrons. The first kappa shape index (κ1) is 28.9. The fraction of sp³-hybridized carbons (Fsp3) is 0.321. The molecule has 3 rings (SSSR count). The number of hydrogen-bond acceptors (Lipinski definition) is 6. The summed E-state index contributed by atoms with van der Waals surface area (Å²) < 4.78 is 34.2. The Balaban J connectivity index is 1.66. The van der Waals surface area contributed by atoms with Crippen molar-refractivity contribution in [3.63, 3.8) is 0 Å². The Morgan fingerprint density at radius 2 is 1.70 bits per heavy atom. The summed E-state index contributed by atoms with van der Waals surface area (Å²) in [6.07, 6.45) is 2.72. The van der Waals surface area contributed by atoms with Crippen LogP contribution in [0.25, 0.3) is 0 Å². The van der Waals surface area contributed by atoms with Crippen LogP contribution in [0.1, 0.15) is 24.5 Å². The molecule has 0 heterocycles. The van der Waals surface area contributed by atoms with Gasteiger partial charge in [-0.3, -0.25) is 9.10 Å². The van der Waals surface area contributed by atoms with Crippen molar-refractivity contribution >= 4 is 45.1 Å². The average Bonchev–Trinajstić information content (AvgIpc) is 2.91. The van der Waals surface area contributed by atoms with Gasteiger partial charge in [0.2, 0.25) is 5.91 Å². The lowest BCUT2D eigenvalue weighted by Gasteiger charge is -2.26. The second-order valence-corrected chi connectivity index (χ2v) is 12.2. The SMILES string of the molecule is CCOc1ccccc1N(CC(=O)NCCCSCc1ccc(C)cc1)S(=O)(=O)c1ccc(SC)cc1. The van der Waals surface area contributed by atoms with Gasteiger partial charge >= 0.3 is 0 Å². The first-order valence-corrected chi connectivity index (χ1v) is 16.0. The highest BCUT2D eigenvalue weighted by Gasteiger charge is 2.29. The minimum atomic E-state index is -4.01. The Kier molecular flexibility index (Phi) is 11.2. The number of sulfonamides is 1. The Bertz CT molecular complexity index is 1250. The van der Waals surface area contributed by atoms with Crippen molar-refractivity contribution in [3.8, 4) is 5.75 Å². The van der Waals surface area contributed by atoms with Crippen molar-refractivity contribution in [2.24, 2.45) is 0 Å². The van der Waals surface area contributed by atoms with E-state index in [4.69, 9.17) is 4.74 Å². The molecule has 0 atom stereocenters. The monoisotopic (exact) mass is 558 g/mol. The van der Waals surface area contributed by atoms with Gasteiger partial charge in [-0.2, -0.15) is 11.8 Å². The first-order chi connectivity index (χ1) is 17.8. The molecule has 0 saturated heterocycles. The van der Waals surface area contributed by atoms with Gasteiger partial charge in [0, 0.05) is 17.2 Å². The zero-order valence-electron chi connectivity index (χ0n) is 21.5. The van der Waals surface area contributed by atoms with Crippen molar-refractivity contribution in [1.82, 2.24) is 5.32 Å². The maximum Gasteiger partial charge on any atom is 0.264 e. The number of nitrogens with one attached hydrogen (secondary N) is 1. The summed E-state index contributed by atoms with van der Waals surface area (Å²) in [7, 11) is -4.01. The lowest BCUT2D eigenvalue weighted by molar-refractivity contribution is -0.119. The predicted molar refractivity (Wildman–Crippen MR) is 155 cm³/mol. The smallest absolute Gasteiger partial charge is 0.264 e. The molecule has 0 spiro atoms. The van der Waals surface area contributed by atoms with Crippen LogP contribution >= 0.6 is 23.5 Å². The number of hydrogen-bond donors (Lipinski definition) is 1. The second kappa shape index (κ2) is 14.4. The van der Waals surface area contributed by atoms with E-state index in [2.05, 4.69) is 36.5 Å². The van der Waals surface area contributed by atoms with Crippen molar-refractivity contribution in [2.75, 3.05) is 36.0 Å². The Hall–Kier alpha value is -2.62. The molecule has 1 N–H and O–H groups in total. The fourth-order valence-electron chi connectivity index (χ4n) is 3.58. The molecular weight excluding hydrogens is 525 g/mol. The van der Waals surface area contributed by atoms with Crippen LogP contribution in [0, 0.1) is 6.92 Å². The third-order valence-corrected chi connectivity index (χ3v) is 9.18. The molecule has 1 amide bonds. The van der Waals surface area contributed by atoms with Gasteiger partial charge in [0.1, 0.15) is 12.3 Å². The Morgan fingerprint density at radius 1 is 1.00 bits per heavy atom. The number of amides is 1. The van der Waals surface area contributed by atoms with Crippen LogP contribution in [0.3, 0.4) is 0 Å². The molecule has 0 unspecified atom stereocenters. The molecule has 3 aromatic carbocycles. The summed E-state index contributed by atoms with van der Waals surface area (Å²) in [5.41, 5.74) is 2.86. The average molecular weight is 559 g/mol. The van der Waals surface area contributed by atoms with Crippen LogP contribution in [0.5, 0.6) is 5.75 Å². The highest BCUT2D eigenvalue weighted by atomic mass is 32.2. The summed E-state index contributed by atoms with van der Waals surface area (Å²) in [4.78, 5) is 14.0. The van der Waals surface area contributed by atoms with E-state index in [0.29, 0.717) is 24.6 Å². The van der Waals surface area contributed by atoms with E-state index in [1.54, 1.807) is 48.5 Å². The molecule has 3 aromatic rings. The maximum atomic E-state index is 13.7. The van der Waals surface area contributed by atoms with Gasteiger partial charge < -0.3 is 10.1 Å². The fourth-order valence-corrected chi connectivity index (χ4v) is 6.34. The number of ether oxygens (including phenoxy) is 1. The summed E-state index contributed by atoms with van der Waals surface area (Å²) in [5, 5.41) is 2.88. The number of benzene rings is 3. The van der Waals surface area contributed by atoms with Gasteiger partial charge in [0.15, 0.2) is 0 Å². The number of thioether (sulfide) groups is 2. The summed E-state index contributed by atoms with van der Waals surface area (Å²) in [6, 6.07) is 22.0. The quantitative estimate of drug-likeness (QED) is 0.201. The van der Waals surface area contributed by atoms with Crippen LogP contribution in [-0.4, -0.2) is 46.0 Å². The molecule has 6 nitrogen and oxygen atoms in total. The molecular formula is C28H34N2O4S3. The van der Waals surface area contributed by atoms with Crippen LogP contribution in [-0.2, 0) is 20.6 Å². The highest BCUT2D eigenvalue weighted by molar-refractivity contribution is 7.98. The predicted octanol–water partition coefficient (Wildman–Crippen LogP) is 5.75. The van der Waals surface area contributed by atoms with E-state index >= 15 is 0 Å². The minimum Gasteiger partial charge on any atom is -0.492 e. The first-order valence-electron chi connectivity index (χ1n) is 12.1. The molecule has 0 aromatic heterocycles. The minimum absolute atomic E-state index is 0.122. The van der Waals surface area contributed by atoms with Gasteiger partial charge in [-0.15, -0.1) is 11.8 Å². The van der Waals surface area contributed by atoms with E-state index in [-0.39, 0.29) is 17.3 Å². The number of carbonyl (C=O) groups excluding carboxylic acids is 1. The molecule has 0 fully saturated rings. The molecule has 37 heavy (non-hydrogen) atoms. The van der Waals surface area contributed by atoms with Gasteiger partial charge in [0.05, 0.1) is 17.2 Å². The topological polar surface area (TPSA) is 75.7 Å². The van der Waals surface area contributed by atoms with Crippen LogP contribution in [0.4, 0.5) is 5.69 Å². The maximum absolute atomic E-state index is 13.7. The number of anilines is 1. The van der Waals surface area contributed by atoms with Gasteiger partial charge in [-0.1, -0.05) is 42.0 Å². The lowest BCUT2D eigenvalue weighted by atomic mass is 10.2. The number of rotatable bonds is 14. The Morgan fingerprint density at radius 3 is 2.38 bits per heavy atom. The number of aryl methyl sites for hydroxylation is 1. The summed E-state index contributed by atoms with van der Waals surface area (Å²) in [6.45, 7) is 4.42. The third-order valence-electron chi connectivity index (χ3n) is 5.55. The van der Waals surface area contributed by atoms with Crippen LogP contribution in [0.15, 0.2) is 82.6 Å². The molecule has 0 aliphatic carbocycles. The van der Waals surface area contributed by atoms with Gasteiger partial charge in [-0.25, -0.2) is 8.42 Å². The van der Waals surface area contributed by atoms with E-state index in [1.807, 2.05) is 24.9 Å². The zero-order chi connectivity index (χ0) is 26.7. The van der Waals surface area contributed by atoms with Crippen LogP contribution < -0.4 is 14.4 Å². The lowest BCUT2D eigenvalue weighted by Crippen LogP contribution is -2.41. The third kappa shape index (κ3) is 8.45. The summed E-state index contributed by atoms with van der Waals surface area (Å²) >= 11 is 3.34. The molecule has 198 valence electrons. The van der Waals surface area contributed by atoms with Crippen molar-refractivity contribution in [3.05, 3.63) is 83.9 Å². The van der Waals surface area contributed by atoms with Gasteiger partial charge in [-0.05, 0) is 74.2 Å². The molecule has 0 aliphatic rings. The highest BCUT2D eigenvalue weighted by Crippen LogP contribution is 2.32. The number of para-hydroxylation sites is 2. The molecule has 0 saturated carbocycles. The van der Waals surface area contributed by atoms with E-state index < -0.39 is 10.0 Å². The zero-order valence-corrected chi connectivity index (χ0v) is 23.9. The summed E-state index contributed by atoms with van der Waals surface area (Å²) in [5.74, 6) is 1.86. The molecule has 0 aliphatic heterocycles. The number of nitrogens with zero attached hydrogens (tertiary/aromatic N) is 1. The number of carbonyl (C=O) groups is 1. The van der Waals surface area contributed by atoms with E-state index in [1.165, 1.54) is 22.9 Å². The van der Waals surface area contributed by atoms with Gasteiger partial charge in [0.25, 0.3) is 10.0 Å². The van der Waals surface area contributed by atoms with Crippen LogP contribution in [0.2, 0.25) is 0 Å². The van der Waals surface area contributed by atoms with E-state index in [0.717, 1.165) is 27.1 Å².